The molecule has 6 nitrogen and oxygen atoms in total. The molecule has 0 unspecified atom stereocenters. The van der Waals surface area contributed by atoms with Crippen molar-refractivity contribution in [2.75, 3.05) is 32.8 Å². The Morgan fingerprint density at radius 2 is 2.16 bits per heavy atom. The monoisotopic (exact) mass is 327 g/mol. The SMILES string of the molecule is O=C(NCC(=O)N1CCOCC1)c1ncccc1Br. The standard InChI is InChI=1S/C12H14BrN3O3/c13-9-2-1-3-14-11(9)12(18)15-8-10(17)16-4-6-19-7-5-16/h1-3H,4-8H2,(H,15,18). The van der Waals surface area contributed by atoms with Gasteiger partial charge in [0.05, 0.1) is 19.8 Å². The van der Waals surface area contributed by atoms with Crippen LogP contribution in [0.1, 0.15) is 10.5 Å². The van der Waals surface area contributed by atoms with Gasteiger partial charge in [-0.3, -0.25) is 9.59 Å². The summed E-state index contributed by atoms with van der Waals surface area (Å²) in [6, 6.07) is 3.45. The van der Waals surface area contributed by atoms with Crippen LogP contribution in [0.5, 0.6) is 0 Å². The van der Waals surface area contributed by atoms with E-state index in [0.29, 0.717) is 30.8 Å². The van der Waals surface area contributed by atoms with Gasteiger partial charge in [-0.2, -0.15) is 0 Å². The van der Waals surface area contributed by atoms with Crippen molar-refractivity contribution in [2.24, 2.45) is 0 Å². The maximum Gasteiger partial charge on any atom is 0.271 e. The third-order valence-corrected chi connectivity index (χ3v) is 3.38. The molecule has 0 bridgehead atoms. The highest BCUT2D eigenvalue weighted by atomic mass is 79.9. The van der Waals surface area contributed by atoms with Crippen LogP contribution in [0.15, 0.2) is 22.8 Å². The molecule has 1 N–H and O–H groups in total. The first kappa shape index (κ1) is 14.0. The molecule has 0 saturated carbocycles. The third kappa shape index (κ3) is 3.74. The normalized spacial score (nSPS) is 15.1. The van der Waals surface area contributed by atoms with Crippen molar-refractivity contribution in [1.82, 2.24) is 15.2 Å². The number of carbonyl (C=O) groups is 2. The average Bonchev–Trinajstić information content (AvgIpc) is 2.46. The highest BCUT2D eigenvalue weighted by Gasteiger charge is 2.18. The van der Waals surface area contributed by atoms with Crippen LogP contribution in [-0.4, -0.2) is 54.5 Å². The Morgan fingerprint density at radius 1 is 1.42 bits per heavy atom. The van der Waals surface area contributed by atoms with Crippen molar-refractivity contribution in [3.8, 4) is 0 Å². The number of morpholine rings is 1. The van der Waals surface area contributed by atoms with Gasteiger partial charge in [-0.15, -0.1) is 0 Å². The quantitative estimate of drug-likeness (QED) is 0.874. The number of halogens is 1. The van der Waals surface area contributed by atoms with Crippen LogP contribution in [0.25, 0.3) is 0 Å². The van der Waals surface area contributed by atoms with E-state index in [4.69, 9.17) is 4.74 Å². The van der Waals surface area contributed by atoms with Gasteiger partial charge in [-0.1, -0.05) is 0 Å². The van der Waals surface area contributed by atoms with E-state index in [0.717, 1.165) is 0 Å². The van der Waals surface area contributed by atoms with Crippen molar-refractivity contribution in [3.05, 3.63) is 28.5 Å². The molecule has 1 saturated heterocycles. The Hall–Kier alpha value is -1.47. The van der Waals surface area contributed by atoms with E-state index in [2.05, 4.69) is 26.2 Å². The van der Waals surface area contributed by atoms with E-state index in [1.165, 1.54) is 6.20 Å². The van der Waals surface area contributed by atoms with E-state index < -0.39 is 0 Å². The molecule has 1 aromatic heterocycles. The summed E-state index contributed by atoms with van der Waals surface area (Å²) in [7, 11) is 0. The first-order chi connectivity index (χ1) is 9.18. The van der Waals surface area contributed by atoms with Crippen molar-refractivity contribution in [3.63, 3.8) is 0 Å². The average molecular weight is 328 g/mol. The van der Waals surface area contributed by atoms with E-state index >= 15 is 0 Å². The molecule has 1 aromatic rings. The van der Waals surface area contributed by atoms with Crippen LogP contribution in [0, 0.1) is 0 Å². The molecule has 7 heteroatoms. The summed E-state index contributed by atoms with van der Waals surface area (Å²) < 4.78 is 5.77. The maximum atomic E-state index is 11.9. The summed E-state index contributed by atoms with van der Waals surface area (Å²) in [4.78, 5) is 29.3. The smallest absolute Gasteiger partial charge is 0.271 e. The second-order valence-corrected chi connectivity index (χ2v) is 4.86. The predicted octanol–water partition coefficient (Wildman–Crippen LogP) is 0.433. The molecule has 0 atom stereocenters. The van der Waals surface area contributed by atoms with Gasteiger partial charge in [-0.05, 0) is 28.1 Å². The lowest BCUT2D eigenvalue weighted by Crippen LogP contribution is -2.45. The van der Waals surface area contributed by atoms with Gasteiger partial charge in [-0.25, -0.2) is 4.98 Å². The van der Waals surface area contributed by atoms with Crippen molar-refractivity contribution in [1.29, 1.82) is 0 Å². The lowest BCUT2D eigenvalue weighted by molar-refractivity contribution is -0.134. The second kappa shape index (κ2) is 6.63. The molecule has 102 valence electrons. The number of rotatable bonds is 3. The molecule has 1 aliphatic heterocycles. The Morgan fingerprint density at radius 3 is 2.84 bits per heavy atom. The number of ether oxygens (including phenoxy) is 1. The zero-order valence-corrected chi connectivity index (χ0v) is 11.9. The highest BCUT2D eigenvalue weighted by Crippen LogP contribution is 2.12. The summed E-state index contributed by atoms with van der Waals surface area (Å²) in [6.45, 7) is 2.21. The number of aromatic nitrogens is 1. The van der Waals surface area contributed by atoms with Crippen LogP contribution >= 0.6 is 15.9 Å². The summed E-state index contributed by atoms with van der Waals surface area (Å²) in [5, 5.41) is 2.57. The molecule has 2 amide bonds. The van der Waals surface area contributed by atoms with Gasteiger partial charge in [0.2, 0.25) is 5.91 Å². The molecule has 1 fully saturated rings. The number of pyridine rings is 1. The van der Waals surface area contributed by atoms with E-state index in [1.54, 1.807) is 17.0 Å². The van der Waals surface area contributed by atoms with Gasteiger partial charge in [0.25, 0.3) is 5.91 Å². The Balaban J connectivity index is 1.86. The molecular weight excluding hydrogens is 314 g/mol. The van der Waals surface area contributed by atoms with E-state index in [-0.39, 0.29) is 24.1 Å². The number of hydrogen-bond acceptors (Lipinski definition) is 4. The van der Waals surface area contributed by atoms with Crippen LogP contribution in [0.2, 0.25) is 0 Å². The van der Waals surface area contributed by atoms with Gasteiger partial charge in [0, 0.05) is 23.8 Å². The molecule has 19 heavy (non-hydrogen) atoms. The fraction of sp³-hybridized carbons (Fsp3) is 0.417. The predicted molar refractivity (Wildman–Crippen MR) is 71.7 cm³/mol. The van der Waals surface area contributed by atoms with E-state index in [9.17, 15) is 9.59 Å². The molecule has 0 spiro atoms. The van der Waals surface area contributed by atoms with Gasteiger partial charge < -0.3 is 15.0 Å². The first-order valence-electron chi connectivity index (χ1n) is 5.92. The Labute approximate surface area is 119 Å². The minimum absolute atomic E-state index is 0.0259. The molecule has 2 heterocycles. The van der Waals surface area contributed by atoms with Crippen molar-refractivity contribution < 1.29 is 14.3 Å². The minimum Gasteiger partial charge on any atom is -0.378 e. The van der Waals surface area contributed by atoms with Gasteiger partial charge >= 0.3 is 0 Å². The molecular formula is C12H14BrN3O3. The lowest BCUT2D eigenvalue weighted by atomic mass is 10.3. The summed E-state index contributed by atoms with van der Waals surface area (Å²) in [5.74, 6) is -0.474. The number of amides is 2. The molecule has 0 aromatic carbocycles. The van der Waals surface area contributed by atoms with Gasteiger partial charge in [0.1, 0.15) is 5.69 Å². The van der Waals surface area contributed by atoms with Crippen LogP contribution < -0.4 is 5.32 Å². The van der Waals surface area contributed by atoms with E-state index in [1.807, 2.05) is 0 Å². The molecule has 2 rings (SSSR count). The third-order valence-electron chi connectivity index (χ3n) is 2.74. The molecule has 0 radical (unpaired) electrons. The molecule has 0 aliphatic carbocycles. The lowest BCUT2D eigenvalue weighted by Gasteiger charge is -2.26. The largest absolute Gasteiger partial charge is 0.378 e. The van der Waals surface area contributed by atoms with Gasteiger partial charge in [0.15, 0.2) is 0 Å². The summed E-state index contributed by atoms with van der Waals surface area (Å²) >= 11 is 3.25. The van der Waals surface area contributed by atoms with Crippen LogP contribution in [-0.2, 0) is 9.53 Å². The zero-order valence-electron chi connectivity index (χ0n) is 10.3. The van der Waals surface area contributed by atoms with Crippen molar-refractivity contribution >= 4 is 27.7 Å². The molecule has 1 aliphatic rings. The topological polar surface area (TPSA) is 71.5 Å². The number of hydrogen-bond donors (Lipinski definition) is 1. The van der Waals surface area contributed by atoms with Crippen molar-refractivity contribution in [2.45, 2.75) is 0 Å². The van der Waals surface area contributed by atoms with Crippen LogP contribution in [0.4, 0.5) is 0 Å². The first-order valence-corrected chi connectivity index (χ1v) is 6.72. The highest BCUT2D eigenvalue weighted by molar-refractivity contribution is 9.10. The fourth-order valence-electron chi connectivity index (χ4n) is 1.72. The Kier molecular flexibility index (Phi) is 4.86. The Bertz CT molecular complexity index is 475. The number of nitrogens with one attached hydrogen (secondary N) is 1. The fourth-order valence-corrected chi connectivity index (χ4v) is 2.15. The second-order valence-electron chi connectivity index (χ2n) is 4.01. The summed E-state index contributed by atoms with van der Waals surface area (Å²) in [6.07, 6.45) is 1.53. The van der Waals surface area contributed by atoms with Crippen LogP contribution in [0.3, 0.4) is 0 Å². The minimum atomic E-state index is -0.367. The zero-order chi connectivity index (χ0) is 13.7. The summed E-state index contributed by atoms with van der Waals surface area (Å²) in [5.41, 5.74) is 0.275. The maximum absolute atomic E-state index is 11.9. The number of nitrogens with zero attached hydrogens (tertiary/aromatic N) is 2. The number of carbonyl (C=O) groups excluding carboxylic acids is 2.